The van der Waals surface area contributed by atoms with Crippen molar-refractivity contribution in [2.24, 2.45) is 0 Å². The number of aryl methyl sites for hydroxylation is 2. The first kappa shape index (κ1) is 15.0. The fourth-order valence-corrected chi connectivity index (χ4v) is 2.74. The van der Waals surface area contributed by atoms with Gasteiger partial charge in [0, 0.05) is 41.2 Å². The fraction of sp³-hybridized carbons (Fsp3) is 0.353. The first-order chi connectivity index (χ1) is 10.6. The third-order valence-electron chi connectivity index (χ3n) is 3.44. The molecule has 1 saturated heterocycles. The first-order valence-electron chi connectivity index (χ1n) is 7.28. The van der Waals surface area contributed by atoms with Crippen LogP contribution < -0.4 is 4.74 Å². The minimum atomic E-state index is -0.0344. The van der Waals surface area contributed by atoms with E-state index in [0.29, 0.717) is 5.69 Å². The summed E-state index contributed by atoms with van der Waals surface area (Å²) < 4.78 is 5.86. The molecule has 1 fully saturated rings. The van der Waals surface area contributed by atoms with Crippen LogP contribution in [-0.4, -0.2) is 33.4 Å². The van der Waals surface area contributed by atoms with E-state index in [1.165, 1.54) is 0 Å². The Hall–Kier alpha value is -1.88. The standard InChI is InChI=1S/C17H18N2O2S/c1-11-3-4-13(18-8-11)6-17(20)16-7-14(5-12(2)19-16)21-15-9-22-10-15/h3-5,7-8,15H,6,9-10H2,1-2H3. The van der Waals surface area contributed by atoms with Crippen LogP contribution in [0.2, 0.25) is 0 Å². The van der Waals surface area contributed by atoms with Gasteiger partial charge in [-0.15, -0.1) is 0 Å². The molecule has 0 saturated carbocycles. The molecule has 4 nitrogen and oxygen atoms in total. The molecule has 3 heterocycles. The van der Waals surface area contributed by atoms with Crippen molar-refractivity contribution in [3.05, 3.63) is 53.1 Å². The van der Waals surface area contributed by atoms with Gasteiger partial charge in [0.2, 0.25) is 0 Å². The lowest BCUT2D eigenvalue weighted by Gasteiger charge is -2.26. The number of carbonyl (C=O) groups excluding carboxylic acids is 1. The summed E-state index contributed by atoms with van der Waals surface area (Å²) in [6, 6.07) is 7.46. The minimum Gasteiger partial charge on any atom is -0.489 e. The number of ether oxygens (including phenoxy) is 1. The van der Waals surface area contributed by atoms with Gasteiger partial charge in [0.1, 0.15) is 17.5 Å². The van der Waals surface area contributed by atoms with Crippen LogP contribution in [0.5, 0.6) is 5.75 Å². The second kappa shape index (κ2) is 6.48. The van der Waals surface area contributed by atoms with Gasteiger partial charge in [0.15, 0.2) is 5.78 Å². The molecule has 0 amide bonds. The molecule has 1 aliphatic heterocycles. The molecule has 0 atom stereocenters. The Kier molecular flexibility index (Phi) is 4.43. The Balaban J connectivity index is 1.74. The summed E-state index contributed by atoms with van der Waals surface area (Å²) in [5.74, 6) is 2.72. The van der Waals surface area contributed by atoms with Crippen molar-refractivity contribution >= 4 is 17.5 Å². The lowest BCUT2D eigenvalue weighted by Crippen LogP contribution is -2.31. The predicted molar refractivity (Wildman–Crippen MR) is 87.7 cm³/mol. The minimum absolute atomic E-state index is 0.0344. The highest BCUT2D eigenvalue weighted by molar-refractivity contribution is 8.00. The van der Waals surface area contributed by atoms with Gasteiger partial charge in [-0.1, -0.05) is 6.07 Å². The molecule has 0 N–H and O–H groups in total. The molecule has 5 heteroatoms. The van der Waals surface area contributed by atoms with Crippen molar-refractivity contribution in [1.29, 1.82) is 0 Å². The van der Waals surface area contributed by atoms with Crippen LogP contribution in [0.4, 0.5) is 0 Å². The van der Waals surface area contributed by atoms with E-state index in [1.807, 2.05) is 43.8 Å². The third-order valence-corrected chi connectivity index (χ3v) is 4.65. The SMILES string of the molecule is Cc1ccc(CC(=O)c2cc(OC3CSC3)cc(C)n2)nc1. The van der Waals surface area contributed by atoms with Gasteiger partial charge in [0.25, 0.3) is 0 Å². The van der Waals surface area contributed by atoms with Crippen LogP contribution in [0.3, 0.4) is 0 Å². The molecule has 0 bridgehead atoms. The zero-order valence-corrected chi connectivity index (χ0v) is 13.5. The normalized spacial score (nSPS) is 14.5. The number of thioether (sulfide) groups is 1. The van der Waals surface area contributed by atoms with E-state index in [-0.39, 0.29) is 18.3 Å². The second-order valence-electron chi connectivity index (χ2n) is 5.53. The molecule has 0 aromatic carbocycles. The average Bonchev–Trinajstić information content (AvgIpc) is 2.45. The molecule has 0 spiro atoms. The van der Waals surface area contributed by atoms with E-state index >= 15 is 0 Å². The van der Waals surface area contributed by atoms with E-state index < -0.39 is 0 Å². The van der Waals surface area contributed by atoms with Crippen molar-refractivity contribution in [2.75, 3.05) is 11.5 Å². The highest BCUT2D eigenvalue weighted by atomic mass is 32.2. The van der Waals surface area contributed by atoms with Crippen LogP contribution in [0.25, 0.3) is 0 Å². The zero-order valence-electron chi connectivity index (χ0n) is 12.7. The quantitative estimate of drug-likeness (QED) is 0.794. The maximum Gasteiger partial charge on any atom is 0.187 e. The van der Waals surface area contributed by atoms with E-state index in [9.17, 15) is 4.79 Å². The summed E-state index contributed by atoms with van der Waals surface area (Å²) in [7, 11) is 0. The van der Waals surface area contributed by atoms with Crippen LogP contribution in [-0.2, 0) is 6.42 Å². The Morgan fingerprint density at radius 1 is 1.32 bits per heavy atom. The lowest BCUT2D eigenvalue weighted by atomic mass is 10.1. The monoisotopic (exact) mass is 314 g/mol. The topological polar surface area (TPSA) is 52.1 Å². The molecule has 0 radical (unpaired) electrons. The van der Waals surface area contributed by atoms with E-state index in [1.54, 1.807) is 12.3 Å². The van der Waals surface area contributed by atoms with Crippen molar-refractivity contribution < 1.29 is 9.53 Å². The highest BCUT2D eigenvalue weighted by Gasteiger charge is 2.21. The molecule has 2 aromatic rings. The number of rotatable bonds is 5. The van der Waals surface area contributed by atoms with E-state index in [0.717, 1.165) is 34.2 Å². The van der Waals surface area contributed by atoms with Crippen molar-refractivity contribution in [3.63, 3.8) is 0 Å². The van der Waals surface area contributed by atoms with Crippen molar-refractivity contribution in [3.8, 4) is 5.75 Å². The molecular formula is C17H18N2O2S. The number of nitrogens with zero attached hydrogens (tertiary/aromatic N) is 2. The van der Waals surface area contributed by atoms with Gasteiger partial charge in [-0.05, 0) is 25.5 Å². The molecule has 114 valence electrons. The molecule has 0 aliphatic carbocycles. The van der Waals surface area contributed by atoms with Crippen LogP contribution in [0.15, 0.2) is 30.5 Å². The molecule has 0 unspecified atom stereocenters. The number of hydrogen-bond acceptors (Lipinski definition) is 5. The number of hydrogen-bond donors (Lipinski definition) is 0. The fourth-order valence-electron chi connectivity index (χ4n) is 2.18. The van der Waals surface area contributed by atoms with Gasteiger partial charge < -0.3 is 4.74 Å². The van der Waals surface area contributed by atoms with Crippen LogP contribution in [0.1, 0.15) is 27.4 Å². The molecule has 1 aliphatic rings. The third kappa shape index (κ3) is 3.65. The molecule has 3 rings (SSSR count). The van der Waals surface area contributed by atoms with Gasteiger partial charge in [-0.3, -0.25) is 9.78 Å². The average molecular weight is 314 g/mol. The summed E-state index contributed by atoms with van der Waals surface area (Å²) >= 11 is 1.87. The highest BCUT2D eigenvalue weighted by Crippen LogP contribution is 2.25. The number of ketones is 1. The smallest absolute Gasteiger partial charge is 0.187 e. The first-order valence-corrected chi connectivity index (χ1v) is 8.43. The summed E-state index contributed by atoms with van der Waals surface area (Å²) in [5, 5.41) is 0. The van der Waals surface area contributed by atoms with Gasteiger partial charge in [0.05, 0.1) is 6.42 Å². The van der Waals surface area contributed by atoms with Gasteiger partial charge >= 0.3 is 0 Å². The van der Waals surface area contributed by atoms with Crippen LogP contribution >= 0.6 is 11.8 Å². The Morgan fingerprint density at radius 2 is 2.14 bits per heavy atom. The number of pyridine rings is 2. The van der Waals surface area contributed by atoms with Crippen molar-refractivity contribution in [2.45, 2.75) is 26.4 Å². The van der Waals surface area contributed by atoms with Crippen molar-refractivity contribution in [1.82, 2.24) is 9.97 Å². The van der Waals surface area contributed by atoms with Gasteiger partial charge in [-0.2, -0.15) is 11.8 Å². The predicted octanol–water partition coefficient (Wildman–Crippen LogP) is 3.01. The largest absolute Gasteiger partial charge is 0.489 e. The molecule has 2 aromatic heterocycles. The maximum atomic E-state index is 12.4. The Morgan fingerprint density at radius 3 is 2.77 bits per heavy atom. The zero-order chi connectivity index (χ0) is 15.5. The lowest BCUT2D eigenvalue weighted by molar-refractivity contribution is 0.0986. The number of Topliss-reactive ketones (excluding diaryl/α,β-unsaturated/α-hetero) is 1. The summed E-state index contributed by atoms with van der Waals surface area (Å²) in [6.45, 7) is 3.85. The summed E-state index contributed by atoms with van der Waals surface area (Å²) in [6.07, 6.45) is 2.29. The van der Waals surface area contributed by atoms with E-state index in [2.05, 4.69) is 9.97 Å². The summed E-state index contributed by atoms with van der Waals surface area (Å²) in [5.41, 5.74) is 3.09. The van der Waals surface area contributed by atoms with E-state index in [4.69, 9.17) is 4.74 Å². The maximum absolute atomic E-state index is 12.4. The van der Waals surface area contributed by atoms with Crippen LogP contribution in [0, 0.1) is 13.8 Å². The number of carbonyl (C=O) groups is 1. The van der Waals surface area contributed by atoms with Gasteiger partial charge in [-0.25, -0.2) is 4.98 Å². The molecule has 22 heavy (non-hydrogen) atoms. The summed E-state index contributed by atoms with van der Waals surface area (Å²) in [4.78, 5) is 21.0. The Bertz CT molecular complexity index is 682. The Labute approximate surface area is 134 Å². The second-order valence-corrected chi connectivity index (χ2v) is 6.61. The number of aromatic nitrogens is 2. The molecular weight excluding hydrogens is 296 g/mol.